The lowest BCUT2D eigenvalue weighted by atomic mass is 10.0. The summed E-state index contributed by atoms with van der Waals surface area (Å²) in [6.45, 7) is 3.47. The van der Waals surface area contributed by atoms with Gasteiger partial charge in [0.2, 0.25) is 0 Å². The first-order valence-electron chi connectivity index (χ1n) is 7.64. The number of fused-ring (bicyclic) bond motifs is 1. The molecule has 3 rings (SSSR count). The fourth-order valence-electron chi connectivity index (χ4n) is 3.02. The van der Waals surface area contributed by atoms with Crippen molar-refractivity contribution in [2.45, 2.75) is 51.1 Å². The summed E-state index contributed by atoms with van der Waals surface area (Å²) >= 11 is 1.70. The van der Waals surface area contributed by atoms with Gasteiger partial charge in [-0.3, -0.25) is 0 Å². The lowest BCUT2D eigenvalue weighted by Gasteiger charge is -2.22. The van der Waals surface area contributed by atoms with Crippen LogP contribution in [0.3, 0.4) is 0 Å². The number of anilines is 1. The molecule has 108 valence electrons. The Morgan fingerprint density at radius 3 is 3.30 bits per heavy atom. The number of nitrogens with zero attached hydrogens (tertiary/aromatic N) is 1. The van der Waals surface area contributed by atoms with Gasteiger partial charge in [-0.2, -0.15) is 0 Å². The van der Waals surface area contributed by atoms with E-state index in [2.05, 4.69) is 40.7 Å². The van der Waals surface area contributed by atoms with Crippen LogP contribution in [-0.4, -0.2) is 23.6 Å². The van der Waals surface area contributed by atoms with Crippen molar-refractivity contribution < 1.29 is 0 Å². The van der Waals surface area contributed by atoms with Gasteiger partial charge in [0.1, 0.15) is 0 Å². The Kier molecular flexibility index (Phi) is 4.53. The van der Waals surface area contributed by atoms with Crippen LogP contribution in [0.2, 0.25) is 0 Å². The number of benzene rings is 1. The number of nitrogens with one attached hydrogen (secondary N) is 2. The molecule has 0 saturated carbocycles. The van der Waals surface area contributed by atoms with Crippen LogP contribution in [0.25, 0.3) is 10.2 Å². The lowest BCUT2D eigenvalue weighted by molar-refractivity contribution is 0.456. The van der Waals surface area contributed by atoms with Gasteiger partial charge < -0.3 is 10.6 Å². The summed E-state index contributed by atoms with van der Waals surface area (Å²) in [7, 11) is 0. The molecule has 3 nitrogen and oxygen atoms in total. The van der Waals surface area contributed by atoms with E-state index in [4.69, 9.17) is 0 Å². The summed E-state index contributed by atoms with van der Waals surface area (Å²) in [5.74, 6) is 0. The Labute approximate surface area is 124 Å². The number of thiazole rings is 1. The molecule has 1 aromatic heterocycles. The highest BCUT2D eigenvalue weighted by molar-refractivity contribution is 7.16. The second-order valence-corrected chi connectivity index (χ2v) is 6.70. The van der Waals surface area contributed by atoms with Crippen molar-refractivity contribution >= 4 is 27.2 Å². The minimum absolute atomic E-state index is 0.496. The molecule has 2 aromatic rings. The zero-order valence-electron chi connectivity index (χ0n) is 12.1. The molecule has 1 aromatic carbocycles. The van der Waals surface area contributed by atoms with Crippen LogP contribution < -0.4 is 10.6 Å². The van der Waals surface area contributed by atoms with Crippen LogP contribution >= 0.6 is 11.3 Å². The summed E-state index contributed by atoms with van der Waals surface area (Å²) < 4.78 is 1.26. The fraction of sp³-hybridized carbons (Fsp3) is 0.562. The summed E-state index contributed by atoms with van der Waals surface area (Å²) in [5, 5.41) is 7.31. The molecule has 2 atom stereocenters. The van der Waals surface area contributed by atoms with Gasteiger partial charge in [-0.05, 0) is 50.9 Å². The van der Waals surface area contributed by atoms with Crippen LogP contribution in [0.15, 0.2) is 23.7 Å². The van der Waals surface area contributed by atoms with Gasteiger partial charge >= 0.3 is 0 Å². The molecular weight excluding hydrogens is 266 g/mol. The van der Waals surface area contributed by atoms with Crippen molar-refractivity contribution in [3.63, 3.8) is 0 Å². The van der Waals surface area contributed by atoms with Crippen molar-refractivity contribution in [3.8, 4) is 0 Å². The predicted octanol–water partition coefficient (Wildman–Crippen LogP) is 4.02. The molecule has 1 aliphatic rings. The number of hydrogen-bond donors (Lipinski definition) is 2. The van der Waals surface area contributed by atoms with E-state index in [1.165, 1.54) is 49.0 Å². The average Bonchev–Trinajstić information content (AvgIpc) is 2.75. The maximum atomic E-state index is 4.32. The third-order valence-corrected chi connectivity index (χ3v) is 4.84. The van der Waals surface area contributed by atoms with Crippen molar-refractivity contribution in [1.82, 2.24) is 10.3 Å². The largest absolute Gasteiger partial charge is 0.382 e. The van der Waals surface area contributed by atoms with Gasteiger partial charge in [0.05, 0.1) is 15.7 Å². The Morgan fingerprint density at radius 1 is 1.40 bits per heavy atom. The molecule has 0 bridgehead atoms. The van der Waals surface area contributed by atoms with Gasteiger partial charge in [-0.1, -0.05) is 12.8 Å². The van der Waals surface area contributed by atoms with Crippen LogP contribution in [0.1, 0.15) is 39.0 Å². The van der Waals surface area contributed by atoms with Crippen LogP contribution in [-0.2, 0) is 0 Å². The molecule has 0 aliphatic carbocycles. The quantitative estimate of drug-likeness (QED) is 0.892. The predicted molar refractivity (Wildman–Crippen MR) is 87.6 cm³/mol. The van der Waals surface area contributed by atoms with E-state index < -0.39 is 0 Å². The molecule has 0 spiro atoms. The van der Waals surface area contributed by atoms with Gasteiger partial charge in [0, 0.05) is 17.8 Å². The standard InChI is InChI=1S/C16H23N3S/c1-12(9-13-5-3-2-4-8-17-13)19-14-6-7-15-16(10-14)20-11-18-15/h6-7,10-13,17,19H,2-5,8-9H2,1H3. The van der Waals surface area contributed by atoms with Gasteiger partial charge in [-0.15, -0.1) is 11.3 Å². The van der Waals surface area contributed by atoms with Gasteiger partial charge in [0.25, 0.3) is 0 Å². The number of rotatable bonds is 4. The molecule has 2 heterocycles. The van der Waals surface area contributed by atoms with Crippen LogP contribution in [0.4, 0.5) is 5.69 Å². The van der Waals surface area contributed by atoms with E-state index in [0.717, 1.165) is 5.52 Å². The topological polar surface area (TPSA) is 37.0 Å². The second kappa shape index (κ2) is 6.55. The highest BCUT2D eigenvalue weighted by atomic mass is 32.1. The summed E-state index contributed by atoms with van der Waals surface area (Å²) in [5.41, 5.74) is 4.22. The number of hydrogen-bond acceptors (Lipinski definition) is 4. The second-order valence-electron chi connectivity index (χ2n) is 5.82. The van der Waals surface area contributed by atoms with Gasteiger partial charge in [-0.25, -0.2) is 4.98 Å². The molecule has 2 N–H and O–H groups in total. The lowest BCUT2D eigenvalue weighted by Crippen LogP contribution is -2.33. The fourth-order valence-corrected chi connectivity index (χ4v) is 3.73. The minimum Gasteiger partial charge on any atom is -0.382 e. The third kappa shape index (κ3) is 3.49. The number of aromatic nitrogens is 1. The van der Waals surface area contributed by atoms with Crippen LogP contribution in [0.5, 0.6) is 0 Å². The van der Waals surface area contributed by atoms with Crippen LogP contribution in [0, 0.1) is 0 Å². The summed E-state index contributed by atoms with van der Waals surface area (Å²) in [6.07, 6.45) is 6.60. The van der Waals surface area contributed by atoms with E-state index in [1.807, 2.05) is 5.51 Å². The first kappa shape index (κ1) is 13.8. The monoisotopic (exact) mass is 289 g/mol. The van der Waals surface area contributed by atoms with E-state index in [0.29, 0.717) is 12.1 Å². The normalized spacial score (nSPS) is 21.6. The molecule has 1 saturated heterocycles. The molecule has 2 unspecified atom stereocenters. The molecule has 1 aliphatic heterocycles. The van der Waals surface area contributed by atoms with E-state index >= 15 is 0 Å². The Balaban J connectivity index is 1.58. The summed E-state index contributed by atoms with van der Waals surface area (Å²) in [4.78, 5) is 4.32. The van der Waals surface area contributed by atoms with Crippen molar-refractivity contribution in [2.24, 2.45) is 0 Å². The SMILES string of the molecule is CC(CC1CCCCCN1)Nc1ccc2ncsc2c1. The first-order valence-corrected chi connectivity index (χ1v) is 8.52. The molecule has 20 heavy (non-hydrogen) atoms. The Morgan fingerprint density at radius 2 is 2.35 bits per heavy atom. The highest BCUT2D eigenvalue weighted by Crippen LogP contribution is 2.23. The van der Waals surface area contributed by atoms with Gasteiger partial charge in [0.15, 0.2) is 0 Å². The third-order valence-electron chi connectivity index (χ3n) is 4.04. The minimum atomic E-state index is 0.496. The molecule has 0 amide bonds. The maximum Gasteiger partial charge on any atom is 0.0813 e. The molecule has 0 radical (unpaired) electrons. The Bertz CT molecular complexity index is 543. The van der Waals surface area contributed by atoms with E-state index in [9.17, 15) is 0 Å². The summed E-state index contributed by atoms with van der Waals surface area (Å²) in [6, 6.07) is 7.62. The first-order chi connectivity index (χ1) is 9.81. The van der Waals surface area contributed by atoms with E-state index in [-0.39, 0.29) is 0 Å². The van der Waals surface area contributed by atoms with E-state index in [1.54, 1.807) is 11.3 Å². The molecule has 4 heteroatoms. The van der Waals surface area contributed by atoms with Crippen molar-refractivity contribution in [1.29, 1.82) is 0 Å². The molecular formula is C16H23N3S. The zero-order valence-corrected chi connectivity index (χ0v) is 12.9. The Hall–Kier alpha value is -1.13. The zero-order chi connectivity index (χ0) is 13.8. The smallest absolute Gasteiger partial charge is 0.0813 e. The maximum absolute atomic E-state index is 4.32. The van der Waals surface area contributed by atoms with Crippen molar-refractivity contribution in [2.75, 3.05) is 11.9 Å². The highest BCUT2D eigenvalue weighted by Gasteiger charge is 2.14. The molecule has 1 fully saturated rings. The average molecular weight is 289 g/mol. The van der Waals surface area contributed by atoms with Crippen molar-refractivity contribution in [3.05, 3.63) is 23.7 Å².